The largest absolute Gasteiger partial charge is 0.481 e. The summed E-state index contributed by atoms with van der Waals surface area (Å²) in [4.78, 5) is 23.3. The van der Waals surface area contributed by atoms with E-state index in [1.54, 1.807) is 0 Å². The van der Waals surface area contributed by atoms with Gasteiger partial charge in [0.2, 0.25) is 0 Å². The third kappa shape index (κ3) is 6.02. The first kappa shape index (κ1) is 17.5. The van der Waals surface area contributed by atoms with Gasteiger partial charge in [-0.05, 0) is 52.3 Å². The van der Waals surface area contributed by atoms with Crippen molar-refractivity contribution in [3.8, 4) is 0 Å². The van der Waals surface area contributed by atoms with Crippen LogP contribution in [0.25, 0.3) is 0 Å². The summed E-state index contributed by atoms with van der Waals surface area (Å²) < 4.78 is 6.37. The standard InChI is InChI=1S/C18H17IO4/c19-16-8-6-13(7-9-16)10-15(11-17(20)21)18(22)23-12-14-4-2-1-3-5-14/h1-9,15H,10-12H2,(H,20,21). The molecule has 0 radical (unpaired) electrons. The van der Waals surface area contributed by atoms with Gasteiger partial charge < -0.3 is 9.84 Å². The van der Waals surface area contributed by atoms with Gasteiger partial charge in [-0.15, -0.1) is 0 Å². The van der Waals surface area contributed by atoms with Crippen LogP contribution < -0.4 is 0 Å². The summed E-state index contributed by atoms with van der Waals surface area (Å²) in [6.07, 6.45) is 0.121. The molecule has 1 unspecified atom stereocenters. The summed E-state index contributed by atoms with van der Waals surface area (Å²) in [5, 5.41) is 9.03. The quantitative estimate of drug-likeness (QED) is 0.545. The zero-order valence-corrected chi connectivity index (χ0v) is 14.6. The van der Waals surface area contributed by atoms with Gasteiger partial charge in [-0.1, -0.05) is 42.5 Å². The highest BCUT2D eigenvalue weighted by Gasteiger charge is 2.23. The number of carboxylic acid groups (broad SMARTS) is 1. The van der Waals surface area contributed by atoms with Gasteiger partial charge in [-0.2, -0.15) is 0 Å². The Hall–Kier alpha value is -1.89. The average Bonchev–Trinajstić information content (AvgIpc) is 2.54. The maximum atomic E-state index is 12.2. The van der Waals surface area contributed by atoms with E-state index in [4.69, 9.17) is 9.84 Å². The molecule has 23 heavy (non-hydrogen) atoms. The fourth-order valence-electron chi connectivity index (χ4n) is 2.20. The lowest BCUT2D eigenvalue weighted by atomic mass is 9.96. The van der Waals surface area contributed by atoms with Gasteiger partial charge in [0.05, 0.1) is 12.3 Å². The molecular formula is C18H17IO4. The molecule has 0 aromatic heterocycles. The van der Waals surface area contributed by atoms with E-state index in [1.807, 2.05) is 54.6 Å². The average molecular weight is 424 g/mol. The van der Waals surface area contributed by atoms with Gasteiger partial charge in [-0.3, -0.25) is 9.59 Å². The smallest absolute Gasteiger partial charge is 0.310 e. The zero-order chi connectivity index (χ0) is 16.7. The van der Waals surface area contributed by atoms with Crippen molar-refractivity contribution < 1.29 is 19.4 Å². The van der Waals surface area contributed by atoms with Gasteiger partial charge >= 0.3 is 11.9 Å². The number of carbonyl (C=O) groups excluding carboxylic acids is 1. The number of aliphatic carboxylic acids is 1. The van der Waals surface area contributed by atoms with Crippen LogP contribution in [-0.2, 0) is 27.4 Å². The Balaban J connectivity index is 2.00. The van der Waals surface area contributed by atoms with Gasteiger partial charge in [-0.25, -0.2) is 0 Å². The summed E-state index contributed by atoms with van der Waals surface area (Å²) in [6, 6.07) is 17.0. The van der Waals surface area contributed by atoms with Crippen molar-refractivity contribution >= 4 is 34.5 Å². The minimum atomic E-state index is -1.00. The molecule has 0 fully saturated rings. The van der Waals surface area contributed by atoms with Gasteiger partial charge in [0, 0.05) is 3.57 Å². The summed E-state index contributed by atoms with van der Waals surface area (Å²) >= 11 is 2.20. The molecule has 0 spiro atoms. The minimum Gasteiger partial charge on any atom is -0.481 e. The molecule has 5 heteroatoms. The van der Waals surface area contributed by atoms with Crippen molar-refractivity contribution in [1.29, 1.82) is 0 Å². The molecule has 1 atom stereocenters. The molecule has 0 aliphatic rings. The maximum absolute atomic E-state index is 12.2. The number of rotatable bonds is 7. The van der Waals surface area contributed by atoms with E-state index in [9.17, 15) is 9.59 Å². The van der Waals surface area contributed by atoms with Crippen molar-refractivity contribution in [2.45, 2.75) is 19.4 Å². The van der Waals surface area contributed by atoms with Crippen LogP contribution in [0.3, 0.4) is 0 Å². The number of carbonyl (C=O) groups is 2. The number of esters is 1. The van der Waals surface area contributed by atoms with Crippen LogP contribution in [0.2, 0.25) is 0 Å². The van der Waals surface area contributed by atoms with Gasteiger partial charge in [0.1, 0.15) is 6.61 Å². The second-order valence-electron chi connectivity index (χ2n) is 5.22. The molecule has 0 aliphatic carbocycles. The molecule has 0 aliphatic heterocycles. The van der Waals surface area contributed by atoms with E-state index in [-0.39, 0.29) is 13.0 Å². The molecule has 2 aromatic rings. The lowest BCUT2D eigenvalue weighted by Crippen LogP contribution is -2.23. The van der Waals surface area contributed by atoms with E-state index in [0.29, 0.717) is 6.42 Å². The monoisotopic (exact) mass is 424 g/mol. The fourth-order valence-corrected chi connectivity index (χ4v) is 2.56. The van der Waals surface area contributed by atoms with Crippen LogP contribution in [0.1, 0.15) is 17.5 Å². The molecule has 0 bridgehead atoms. The van der Waals surface area contributed by atoms with Crippen LogP contribution in [0.4, 0.5) is 0 Å². The van der Waals surface area contributed by atoms with E-state index >= 15 is 0 Å². The van der Waals surface area contributed by atoms with E-state index < -0.39 is 17.9 Å². The van der Waals surface area contributed by atoms with Gasteiger partial charge in [0.25, 0.3) is 0 Å². The Labute approximate surface area is 148 Å². The van der Waals surface area contributed by atoms with E-state index in [0.717, 1.165) is 14.7 Å². The number of hydrogen-bond acceptors (Lipinski definition) is 3. The number of carboxylic acids is 1. The molecule has 0 amide bonds. The molecule has 1 N–H and O–H groups in total. The number of hydrogen-bond donors (Lipinski definition) is 1. The number of benzene rings is 2. The van der Waals surface area contributed by atoms with Crippen LogP contribution in [0.15, 0.2) is 54.6 Å². The Morgan fingerprint density at radius 3 is 2.26 bits per heavy atom. The van der Waals surface area contributed by atoms with Crippen LogP contribution in [0, 0.1) is 9.49 Å². The summed E-state index contributed by atoms with van der Waals surface area (Å²) in [7, 11) is 0. The van der Waals surface area contributed by atoms with Crippen molar-refractivity contribution in [3.05, 3.63) is 69.3 Å². The Bertz CT molecular complexity index is 652. The number of ether oxygens (including phenoxy) is 1. The first-order chi connectivity index (χ1) is 11.0. The van der Waals surface area contributed by atoms with Crippen molar-refractivity contribution in [3.63, 3.8) is 0 Å². The highest BCUT2D eigenvalue weighted by Crippen LogP contribution is 2.17. The summed E-state index contributed by atoms with van der Waals surface area (Å²) in [5.74, 6) is -2.16. The molecular weight excluding hydrogens is 407 g/mol. The van der Waals surface area contributed by atoms with E-state index in [2.05, 4.69) is 22.6 Å². The Kier molecular flexibility index (Phi) is 6.58. The molecule has 4 nitrogen and oxygen atoms in total. The summed E-state index contributed by atoms with van der Waals surface area (Å²) in [6.45, 7) is 0.155. The second-order valence-corrected chi connectivity index (χ2v) is 6.46. The first-order valence-corrected chi connectivity index (χ1v) is 8.29. The van der Waals surface area contributed by atoms with Crippen molar-refractivity contribution in [1.82, 2.24) is 0 Å². The minimum absolute atomic E-state index is 0.155. The highest BCUT2D eigenvalue weighted by molar-refractivity contribution is 14.1. The third-order valence-corrected chi connectivity index (χ3v) is 4.09. The highest BCUT2D eigenvalue weighted by atomic mass is 127. The van der Waals surface area contributed by atoms with Crippen molar-refractivity contribution in [2.24, 2.45) is 5.92 Å². The third-order valence-electron chi connectivity index (χ3n) is 3.37. The number of halogens is 1. The van der Waals surface area contributed by atoms with Crippen molar-refractivity contribution in [2.75, 3.05) is 0 Å². The topological polar surface area (TPSA) is 63.6 Å². The molecule has 2 rings (SSSR count). The lowest BCUT2D eigenvalue weighted by molar-refractivity contribution is -0.154. The SMILES string of the molecule is O=C(O)CC(Cc1ccc(I)cc1)C(=O)OCc1ccccc1. The lowest BCUT2D eigenvalue weighted by Gasteiger charge is -2.14. The normalized spacial score (nSPS) is 11.7. The van der Waals surface area contributed by atoms with Crippen LogP contribution in [-0.4, -0.2) is 17.0 Å². The van der Waals surface area contributed by atoms with Crippen LogP contribution in [0.5, 0.6) is 0 Å². The van der Waals surface area contributed by atoms with E-state index in [1.165, 1.54) is 0 Å². The maximum Gasteiger partial charge on any atom is 0.310 e. The molecule has 0 heterocycles. The second kappa shape index (κ2) is 8.67. The molecule has 0 saturated carbocycles. The zero-order valence-electron chi connectivity index (χ0n) is 12.4. The van der Waals surface area contributed by atoms with Gasteiger partial charge in [0.15, 0.2) is 0 Å². The molecule has 2 aromatic carbocycles. The predicted molar refractivity (Wildman–Crippen MR) is 94.8 cm³/mol. The first-order valence-electron chi connectivity index (χ1n) is 7.21. The molecule has 120 valence electrons. The molecule has 0 saturated heterocycles. The summed E-state index contributed by atoms with van der Waals surface area (Å²) in [5.41, 5.74) is 1.80. The van der Waals surface area contributed by atoms with Crippen LogP contribution >= 0.6 is 22.6 Å². The Morgan fingerprint density at radius 1 is 1.00 bits per heavy atom. The predicted octanol–water partition coefficient (Wildman–Crippen LogP) is 3.67. The Morgan fingerprint density at radius 2 is 1.65 bits per heavy atom. The fraction of sp³-hybridized carbons (Fsp3) is 0.222.